The number of ether oxygens (including phenoxy) is 3. The van der Waals surface area contributed by atoms with E-state index >= 15 is 4.79 Å². The number of unbranched alkanes of at least 4 members (excludes halogenated alkanes) is 42. The second-order valence-electron chi connectivity index (χ2n) is 27.4. The van der Waals surface area contributed by atoms with E-state index in [4.69, 9.17) is 23.9 Å². The van der Waals surface area contributed by atoms with Gasteiger partial charge in [-0.05, 0) is 70.1 Å². The minimum Gasteiger partial charge on any atom is -0.481 e. The van der Waals surface area contributed by atoms with E-state index in [-0.39, 0.29) is 54.9 Å². The van der Waals surface area contributed by atoms with E-state index < -0.39 is 5.97 Å². The summed E-state index contributed by atoms with van der Waals surface area (Å²) >= 11 is 0. The molecule has 86 heavy (non-hydrogen) atoms. The Hall–Kier alpha value is -1.30. The largest absolute Gasteiger partial charge is 0.481 e. The average molecular weight is 1220 g/mol. The van der Waals surface area contributed by atoms with Gasteiger partial charge in [-0.3, -0.25) is 19.3 Å². The fourth-order valence-corrected chi connectivity index (χ4v) is 13.8. The van der Waals surface area contributed by atoms with Gasteiger partial charge in [0.25, 0.3) is 0 Å². The first-order valence-electron chi connectivity index (χ1n) is 38.8. The van der Waals surface area contributed by atoms with Crippen molar-refractivity contribution in [3.8, 4) is 0 Å². The molecule has 0 radical (unpaired) electrons. The van der Waals surface area contributed by atoms with Crippen molar-refractivity contribution < 1.29 is 38.6 Å². The molecule has 0 aromatic heterocycles. The maximum atomic E-state index is 15.6. The van der Waals surface area contributed by atoms with E-state index in [1.165, 1.54) is 250 Å². The van der Waals surface area contributed by atoms with Crippen LogP contribution in [0.2, 0.25) is 0 Å². The van der Waals surface area contributed by atoms with E-state index in [0.29, 0.717) is 26.1 Å². The van der Waals surface area contributed by atoms with Crippen LogP contribution >= 0.6 is 0 Å². The first-order chi connectivity index (χ1) is 42.3. The first-order valence-corrected chi connectivity index (χ1v) is 38.8. The number of hydrogen-bond donors (Lipinski definition) is 1. The van der Waals surface area contributed by atoms with Gasteiger partial charge in [-0.15, -0.1) is 0 Å². The molecular formula is C76H148N2O8. The smallest absolute Gasteiger partial charge is 0.309 e. The Balaban J connectivity index is 2.51. The van der Waals surface area contributed by atoms with Gasteiger partial charge in [0.1, 0.15) is 18.6 Å². The van der Waals surface area contributed by atoms with Gasteiger partial charge in [0.05, 0.1) is 19.1 Å². The lowest BCUT2D eigenvalue weighted by Gasteiger charge is -2.46. The number of carbonyl (C=O) groups is 2. The van der Waals surface area contributed by atoms with Crippen LogP contribution in [-0.4, -0.2) is 84.2 Å². The predicted octanol–water partition coefficient (Wildman–Crippen LogP) is 23.5. The summed E-state index contributed by atoms with van der Waals surface area (Å²) in [6.45, 7) is 16.6. The molecule has 0 bridgehead atoms. The molecule has 0 aromatic rings. The quantitative estimate of drug-likeness (QED) is 0.0467. The summed E-state index contributed by atoms with van der Waals surface area (Å²) in [7, 11) is 0. The maximum Gasteiger partial charge on any atom is 0.309 e. The molecule has 2 heterocycles. The summed E-state index contributed by atoms with van der Waals surface area (Å²) in [6.07, 6.45) is 65.7. The highest BCUT2D eigenvalue weighted by Gasteiger charge is 2.44. The van der Waals surface area contributed by atoms with Crippen LogP contribution in [0, 0.1) is 11.8 Å². The van der Waals surface area contributed by atoms with Crippen molar-refractivity contribution >= 4 is 11.9 Å². The number of aliphatic carboxylic acids is 1. The molecule has 0 spiro atoms. The lowest BCUT2D eigenvalue weighted by molar-refractivity contribution is -0.302. The standard InChI is InChI=1S/C76H148N2O8/c1-7-13-19-25-31-33-35-37-40-48-56-69-64-68(65-73(82-60-52-44-27-21-15-9-3)77(69)84-62-54-46-29-23-17-11-5)72(58-50-42-39-43-51-59-75(79)80)76(81)86-71-66-70(57-49-41-38-36-34-32-26-20-14-8-2)78(85-63-55-47-30-24-18-12-6)74(67-71)83-61-53-45-28-22-16-10-4/h68-74H,7-67H2,1-6H3,(H,79,80). The molecule has 0 aromatic carbocycles. The number of piperidine rings is 2. The summed E-state index contributed by atoms with van der Waals surface area (Å²) in [5.41, 5.74) is 0. The first kappa shape index (κ1) is 80.8. The van der Waals surface area contributed by atoms with Crippen molar-refractivity contribution in [1.29, 1.82) is 0 Å². The lowest BCUT2D eigenvalue weighted by Crippen LogP contribution is -2.54. The molecule has 7 unspecified atom stereocenters. The summed E-state index contributed by atoms with van der Waals surface area (Å²) in [4.78, 5) is 40.9. The van der Waals surface area contributed by atoms with Crippen LogP contribution in [0.5, 0.6) is 0 Å². The van der Waals surface area contributed by atoms with Crippen molar-refractivity contribution in [1.82, 2.24) is 10.1 Å². The predicted molar refractivity (Wildman–Crippen MR) is 364 cm³/mol. The number of esters is 1. The third-order valence-electron chi connectivity index (χ3n) is 19.3. The van der Waals surface area contributed by atoms with Crippen LogP contribution in [0.1, 0.15) is 408 Å². The third-order valence-corrected chi connectivity index (χ3v) is 19.3. The fourth-order valence-electron chi connectivity index (χ4n) is 13.8. The molecule has 0 amide bonds. The van der Waals surface area contributed by atoms with Crippen LogP contribution in [-0.2, 0) is 33.5 Å². The average Bonchev–Trinajstić information content (AvgIpc) is 1.58. The van der Waals surface area contributed by atoms with E-state index in [0.717, 1.165) is 110 Å². The molecule has 0 aliphatic carbocycles. The number of carbonyl (C=O) groups excluding carboxylic acids is 1. The minimum atomic E-state index is -0.716. The highest BCUT2D eigenvalue weighted by atomic mass is 16.7. The van der Waals surface area contributed by atoms with E-state index in [1.807, 2.05) is 0 Å². The molecule has 10 nitrogen and oxygen atoms in total. The molecule has 2 rings (SSSR count). The topological polar surface area (TPSA) is 107 Å². The van der Waals surface area contributed by atoms with Crippen LogP contribution in [0.4, 0.5) is 0 Å². The molecule has 2 aliphatic rings. The van der Waals surface area contributed by atoms with Gasteiger partial charge in [-0.25, -0.2) is 0 Å². The van der Waals surface area contributed by atoms with Crippen molar-refractivity contribution in [3.63, 3.8) is 0 Å². The number of carboxylic acid groups (broad SMARTS) is 1. The fraction of sp³-hybridized carbons (Fsp3) is 0.974. The number of rotatable bonds is 65. The van der Waals surface area contributed by atoms with Gasteiger partial charge >= 0.3 is 11.9 Å². The molecule has 10 heteroatoms. The molecule has 0 saturated carbocycles. The van der Waals surface area contributed by atoms with Gasteiger partial charge in [0.15, 0.2) is 0 Å². The van der Waals surface area contributed by atoms with Gasteiger partial charge < -0.3 is 19.3 Å². The van der Waals surface area contributed by atoms with Crippen LogP contribution in [0.25, 0.3) is 0 Å². The van der Waals surface area contributed by atoms with Gasteiger partial charge in [-0.2, -0.15) is 10.1 Å². The Bertz CT molecular complexity index is 1450. The van der Waals surface area contributed by atoms with E-state index in [1.54, 1.807) is 0 Å². The molecule has 7 atom stereocenters. The Morgan fingerprint density at radius 3 is 1.06 bits per heavy atom. The van der Waals surface area contributed by atoms with Crippen molar-refractivity contribution in [3.05, 3.63) is 0 Å². The zero-order valence-corrected chi connectivity index (χ0v) is 58.4. The summed E-state index contributed by atoms with van der Waals surface area (Å²) in [5.74, 6) is -0.857. The van der Waals surface area contributed by atoms with Gasteiger partial charge in [0.2, 0.25) is 0 Å². The SMILES string of the molecule is CCCCCCCCCCCCC1CC(OC(=O)C(CCCCCCCC(=O)O)C2CC(CCCCCCCCCCCC)N(OCCCCCCCC)C(OCCCCCCCC)C2)CC(OCCCCCCCC)N1OCCCCCCCC. The highest BCUT2D eigenvalue weighted by molar-refractivity contribution is 5.73. The second kappa shape index (κ2) is 60.0. The van der Waals surface area contributed by atoms with Crippen LogP contribution in [0.15, 0.2) is 0 Å². The van der Waals surface area contributed by atoms with Gasteiger partial charge in [-0.1, -0.05) is 324 Å². The zero-order chi connectivity index (χ0) is 62.0. The number of hydrogen-bond acceptors (Lipinski definition) is 9. The van der Waals surface area contributed by atoms with E-state index in [9.17, 15) is 9.90 Å². The molecule has 510 valence electrons. The molecule has 2 fully saturated rings. The van der Waals surface area contributed by atoms with Crippen molar-refractivity contribution in [2.24, 2.45) is 11.8 Å². The number of hydroxylamine groups is 4. The molecule has 1 N–H and O–H groups in total. The number of carboxylic acids is 1. The Morgan fingerprint density at radius 2 is 0.674 bits per heavy atom. The maximum absolute atomic E-state index is 15.6. The lowest BCUT2D eigenvalue weighted by atomic mass is 9.77. The van der Waals surface area contributed by atoms with Crippen LogP contribution < -0.4 is 0 Å². The Kier molecular flexibility index (Phi) is 56.3. The van der Waals surface area contributed by atoms with E-state index in [2.05, 4.69) is 51.7 Å². The Morgan fingerprint density at radius 1 is 0.360 bits per heavy atom. The third kappa shape index (κ3) is 43.5. The van der Waals surface area contributed by atoms with Gasteiger partial charge in [0, 0.05) is 44.6 Å². The molecule has 2 aliphatic heterocycles. The normalized spacial score (nSPS) is 19.8. The second-order valence-corrected chi connectivity index (χ2v) is 27.4. The highest BCUT2D eigenvalue weighted by Crippen LogP contribution is 2.40. The molecular weight excluding hydrogens is 1070 g/mol. The summed E-state index contributed by atoms with van der Waals surface area (Å²) < 4.78 is 21.1. The van der Waals surface area contributed by atoms with Crippen molar-refractivity contribution in [2.45, 2.75) is 438 Å². The van der Waals surface area contributed by atoms with Crippen LogP contribution in [0.3, 0.4) is 0 Å². The van der Waals surface area contributed by atoms with Crippen molar-refractivity contribution in [2.75, 3.05) is 26.4 Å². The summed E-state index contributed by atoms with van der Waals surface area (Å²) in [6, 6.07) is 0.313. The minimum absolute atomic E-state index is 0.0199. The monoisotopic (exact) mass is 1220 g/mol. The molecule has 2 saturated heterocycles. The Labute approximate surface area is 534 Å². The number of nitrogens with zero attached hydrogens (tertiary/aromatic N) is 2. The summed E-state index contributed by atoms with van der Waals surface area (Å²) in [5, 5.41) is 14.0. The zero-order valence-electron chi connectivity index (χ0n) is 58.4.